The third kappa shape index (κ3) is 3.86. The van der Waals surface area contributed by atoms with Crippen LogP contribution in [-0.4, -0.2) is 54.1 Å². The molecule has 0 aromatic carbocycles. The average Bonchev–Trinajstić information content (AvgIpc) is 2.77. The highest BCUT2D eigenvalue weighted by Gasteiger charge is 2.43. The van der Waals surface area contributed by atoms with E-state index in [1.165, 1.54) is 4.90 Å². The summed E-state index contributed by atoms with van der Waals surface area (Å²) in [5.41, 5.74) is -1.21. The van der Waals surface area contributed by atoms with E-state index in [4.69, 9.17) is 0 Å². The molecule has 2 atom stereocenters. The van der Waals surface area contributed by atoms with Gasteiger partial charge < -0.3 is 20.6 Å². The molecule has 0 spiro atoms. The Bertz CT molecular complexity index is 444. The molecule has 3 amide bonds. The van der Waals surface area contributed by atoms with E-state index in [2.05, 4.69) is 10.6 Å². The highest BCUT2D eigenvalue weighted by Crippen LogP contribution is 2.30. The van der Waals surface area contributed by atoms with Crippen molar-refractivity contribution in [1.82, 2.24) is 15.5 Å². The van der Waals surface area contributed by atoms with Crippen molar-refractivity contribution in [2.45, 2.75) is 40.2 Å². The fourth-order valence-corrected chi connectivity index (χ4v) is 2.48. The quantitative estimate of drug-likeness (QED) is 0.712. The number of rotatable bonds is 3. The Morgan fingerprint density at radius 3 is 2.29 bits per heavy atom. The summed E-state index contributed by atoms with van der Waals surface area (Å²) in [5.74, 6) is -1.17. The van der Waals surface area contributed by atoms with Crippen LogP contribution in [0.25, 0.3) is 0 Å². The molecular weight excluding hydrogens is 274 g/mol. The minimum atomic E-state index is -1.07. The molecule has 1 saturated heterocycles. The Hall–Kier alpha value is -1.79. The third-order valence-corrected chi connectivity index (χ3v) is 3.92. The molecule has 1 heterocycles. The van der Waals surface area contributed by atoms with Crippen LogP contribution < -0.4 is 10.6 Å². The van der Waals surface area contributed by atoms with Crippen molar-refractivity contribution in [2.75, 3.05) is 20.1 Å². The summed E-state index contributed by atoms with van der Waals surface area (Å²) in [6, 6.07) is -1.41. The fraction of sp³-hybridized carbons (Fsp3) is 0.786. The van der Waals surface area contributed by atoms with Crippen molar-refractivity contribution >= 4 is 17.9 Å². The molecule has 1 unspecified atom stereocenters. The zero-order valence-corrected chi connectivity index (χ0v) is 13.3. The van der Waals surface area contributed by atoms with Gasteiger partial charge in [0.15, 0.2) is 0 Å². The lowest BCUT2D eigenvalue weighted by atomic mass is 9.87. The molecule has 0 bridgehead atoms. The van der Waals surface area contributed by atoms with E-state index < -0.39 is 28.9 Å². The van der Waals surface area contributed by atoms with Gasteiger partial charge in [-0.25, -0.2) is 9.59 Å². The summed E-state index contributed by atoms with van der Waals surface area (Å²) in [4.78, 5) is 36.8. The normalized spacial score (nSPS) is 23.6. The summed E-state index contributed by atoms with van der Waals surface area (Å²) >= 11 is 0. The fourth-order valence-electron chi connectivity index (χ4n) is 2.48. The maximum Gasteiger partial charge on any atom is 0.326 e. The van der Waals surface area contributed by atoms with Crippen molar-refractivity contribution in [3.05, 3.63) is 0 Å². The molecule has 1 rings (SSSR count). The molecule has 0 aromatic heterocycles. The van der Waals surface area contributed by atoms with E-state index in [1.54, 1.807) is 34.7 Å². The maximum atomic E-state index is 12.2. The zero-order chi connectivity index (χ0) is 16.4. The monoisotopic (exact) mass is 299 g/mol. The van der Waals surface area contributed by atoms with Crippen LogP contribution in [0.3, 0.4) is 0 Å². The van der Waals surface area contributed by atoms with Gasteiger partial charge in [0.25, 0.3) is 0 Å². The first-order chi connectivity index (χ1) is 9.51. The van der Waals surface area contributed by atoms with Gasteiger partial charge in [0.1, 0.15) is 6.04 Å². The lowest BCUT2D eigenvalue weighted by Gasteiger charge is -2.30. The van der Waals surface area contributed by atoms with Crippen LogP contribution in [0.15, 0.2) is 0 Å². The summed E-state index contributed by atoms with van der Waals surface area (Å²) in [5, 5.41) is 14.4. The van der Waals surface area contributed by atoms with Gasteiger partial charge in [-0.1, -0.05) is 20.8 Å². The SMILES string of the molecule is CNC(=O)C1(C)CCN(C(=O)N[C@@H](C(=O)O)C(C)(C)C)C1. The summed E-state index contributed by atoms with van der Waals surface area (Å²) in [6.45, 7) is 7.79. The molecule has 7 heteroatoms. The number of carboxylic acid groups (broad SMARTS) is 1. The van der Waals surface area contributed by atoms with Crippen molar-refractivity contribution in [1.29, 1.82) is 0 Å². The van der Waals surface area contributed by atoms with E-state index in [0.29, 0.717) is 13.0 Å². The highest BCUT2D eigenvalue weighted by molar-refractivity contribution is 5.86. The first-order valence-corrected chi connectivity index (χ1v) is 7.02. The lowest BCUT2D eigenvalue weighted by Crippen LogP contribution is -2.53. The second-order valence-corrected chi connectivity index (χ2v) is 6.90. The first kappa shape index (κ1) is 17.3. The number of aliphatic carboxylic acids is 1. The number of likely N-dealkylation sites (tertiary alicyclic amines) is 1. The van der Waals surface area contributed by atoms with Crippen LogP contribution in [-0.2, 0) is 9.59 Å². The van der Waals surface area contributed by atoms with Gasteiger partial charge in [0.05, 0.1) is 5.41 Å². The van der Waals surface area contributed by atoms with Gasteiger partial charge >= 0.3 is 12.0 Å². The number of hydrogen-bond acceptors (Lipinski definition) is 3. The molecule has 0 radical (unpaired) electrons. The molecule has 1 fully saturated rings. The molecule has 1 aliphatic rings. The highest BCUT2D eigenvalue weighted by atomic mass is 16.4. The third-order valence-electron chi connectivity index (χ3n) is 3.92. The Kier molecular flexibility index (Phi) is 4.86. The molecule has 0 aromatic rings. The number of amides is 3. The summed E-state index contributed by atoms with van der Waals surface area (Å²) in [7, 11) is 1.57. The maximum absolute atomic E-state index is 12.2. The number of urea groups is 1. The molecule has 0 aliphatic carbocycles. The predicted molar refractivity (Wildman–Crippen MR) is 77.8 cm³/mol. The van der Waals surface area contributed by atoms with Gasteiger partial charge in [-0.15, -0.1) is 0 Å². The van der Waals surface area contributed by atoms with Crippen LogP contribution in [0.1, 0.15) is 34.1 Å². The van der Waals surface area contributed by atoms with E-state index in [1.807, 2.05) is 0 Å². The Morgan fingerprint density at radius 2 is 1.86 bits per heavy atom. The van der Waals surface area contributed by atoms with Crippen LogP contribution in [0.2, 0.25) is 0 Å². The van der Waals surface area contributed by atoms with Crippen LogP contribution >= 0.6 is 0 Å². The summed E-state index contributed by atoms with van der Waals surface area (Å²) < 4.78 is 0. The Labute approximate surface area is 125 Å². The van der Waals surface area contributed by atoms with Gasteiger partial charge in [0.2, 0.25) is 5.91 Å². The lowest BCUT2D eigenvalue weighted by molar-refractivity contribution is -0.142. The molecule has 7 nitrogen and oxygen atoms in total. The molecule has 0 saturated carbocycles. The number of nitrogens with one attached hydrogen (secondary N) is 2. The van der Waals surface area contributed by atoms with Crippen molar-refractivity contribution in [3.63, 3.8) is 0 Å². The Balaban J connectivity index is 2.74. The molecular formula is C14H25N3O4. The van der Waals surface area contributed by atoms with E-state index in [9.17, 15) is 19.5 Å². The largest absolute Gasteiger partial charge is 0.480 e. The Morgan fingerprint density at radius 1 is 1.29 bits per heavy atom. The topological polar surface area (TPSA) is 98.7 Å². The number of carbonyl (C=O) groups is 3. The van der Waals surface area contributed by atoms with Gasteiger partial charge in [-0.3, -0.25) is 4.79 Å². The number of carboxylic acids is 1. The number of hydrogen-bond donors (Lipinski definition) is 3. The van der Waals surface area contributed by atoms with E-state index in [0.717, 1.165) is 0 Å². The second-order valence-electron chi connectivity index (χ2n) is 6.90. The smallest absolute Gasteiger partial charge is 0.326 e. The number of nitrogens with zero attached hydrogens (tertiary/aromatic N) is 1. The molecule has 3 N–H and O–H groups in total. The number of carbonyl (C=O) groups excluding carboxylic acids is 2. The van der Waals surface area contributed by atoms with Gasteiger partial charge in [0, 0.05) is 20.1 Å². The minimum Gasteiger partial charge on any atom is -0.480 e. The zero-order valence-electron chi connectivity index (χ0n) is 13.3. The van der Waals surface area contributed by atoms with Crippen LogP contribution in [0.4, 0.5) is 4.79 Å². The van der Waals surface area contributed by atoms with Crippen LogP contribution in [0.5, 0.6) is 0 Å². The molecule has 1 aliphatic heterocycles. The average molecular weight is 299 g/mol. The van der Waals surface area contributed by atoms with Crippen molar-refractivity contribution < 1.29 is 19.5 Å². The predicted octanol–water partition coefficient (Wildman–Crippen LogP) is 0.653. The van der Waals surface area contributed by atoms with Gasteiger partial charge in [-0.2, -0.15) is 0 Å². The van der Waals surface area contributed by atoms with Gasteiger partial charge in [-0.05, 0) is 18.8 Å². The standard InChI is InChI=1S/C14H25N3O4/c1-13(2,3)9(10(18)19)16-12(21)17-7-6-14(4,8-17)11(20)15-5/h9H,6-8H2,1-5H3,(H,15,20)(H,16,21)(H,18,19)/t9-,14?/m0/s1. The second kappa shape index (κ2) is 5.91. The van der Waals surface area contributed by atoms with Crippen LogP contribution in [0, 0.1) is 10.8 Å². The van der Waals surface area contributed by atoms with Crippen molar-refractivity contribution in [2.24, 2.45) is 10.8 Å². The van der Waals surface area contributed by atoms with Crippen molar-refractivity contribution in [3.8, 4) is 0 Å². The first-order valence-electron chi connectivity index (χ1n) is 7.02. The minimum absolute atomic E-state index is 0.108. The molecule has 21 heavy (non-hydrogen) atoms. The molecule has 120 valence electrons. The van der Waals surface area contributed by atoms with E-state index in [-0.39, 0.29) is 12.5 Å². The summed E-state index contributed by atoms with van der Waals surface area (Å²) in [6.07, 6.45) is 0.563. The van der Waals surface area contributed by atoms with E-state index >= 15 is 0 Å².